The molecule has 0 unspecified atom stereocenters. The van der Waals surface area contributed by atoms with E-state index in [0.717, 1.165) is 43.6 Å². The third kappa shape index (κ3) is 7.08. The molecule has 37 heavy (non-hydrogen) atoms. The topological polar surface area (TPSA) is 91.4 Å². The number of aromatic nitrogens is 1. The Bertz CT molecular complexity index is 1290. The molecule has 7 nitrogen and oxygen atoms in total. The van der Waals surface area contributed by atoms with Crippen molar-refractivity contribution in [3.63, 3.8) is 0 Å². The van der Waals surface area contributed by atoms with Gasteiger partial charge in [0.2, 0.25) is 5.91 Å². The monoisotopic (exact) mass is 556 g/mol. The van der Waals surface area contributed by atoms with Crippen molar-refractivity contribution >= 4 is 38.1 Å². The Morgan fingerprint density at radius 3 is 2.27 bits per heavy atom. The summed E-state index contributed by atoms with van der Waals surface area (Å²) < 4.78 is 63.8. The van der Waals surface area contributed by atoms with Gasteiger partial charge >= 0.3 is 6.18 Å². The summed E-state index contributed by atoms with van der Waals surface area (Å²) >= 11 is 1.21. The first-order valence-corrected chi connectivity index (χ1v) is 14.2. The fraction of sp³-hybridized carbons (Fsp3) is 0.360. The number of carbonyl (C=O) groups is 1. The predicted octanol–water partition coefficient (Wildman–Crippen LogP) is 5.74. The Balaban J connectivity index is 0.000000269. The van der Waals surface area contributed by atoms with Crippen LogP contribution in [0.1, 0.15) is 45.6 Å². The maximum absolute atomic E-state index is 12.4. The molecule has 2 N–H and O–H groups in total. The number of nitrogens with zero attached hydrogens (tertiary/aromatic N) is 2. The van der Waals surface area contributed by atoms with Crippen LogP contribution in [0.4, 0.5) is 24.0 Å². The lowest BCUT2D eigenvalue weighted by Gasteiger charge is -2.23. The molecule has 0 radical (unpaired) electrons. The molecule has 0 bridgehead atoms. The van der Waals surface area contributed by atoms with Crippen molar-refractivity contribution in [1.82, 2.24) is 10.3 Å². The Morgan fingerprint density at radius 1 is 1.05 bits per heavy atom. The molecular weight excluding hydrogens is 525 g/mol. The summed E-state index contributed by atoms with van der Waals surface area (Å²) in [5.74, 6) is 0.482. The van der Waals surface area contributed by atoms with Gasteiger partial charge in [0.05, 0.1) is 10.5 Å². The molecule has 1 amide bonds. The van der Waals surface area contributed by atoms with Crippen molar-refractivity contribution in [1.29, 1.82) is 0 Å². The Morgan fingerprint density at radius 2 is 1.73 bits per heavy atom. The van der Waals surface area contributed by atoms with E-state index in [0.29, 0.717) is 24.0 Å². The Labute approximate surface area is 220 Å². The molecule has 2 aliphatic heterocycles. The molecule has 0 saturated carbocycles. The molecule has 2 aromatic carbocycles. The van der Waals surface area contributed by atoms with Crippen molar-refractivity contribution in [2.24, 2.45) is 0 Å². The zero-order valence-electron chi connectivity index (χ0n) is 19.9. The van der Waals surface area contributed by atoms with Crippen LogP contribution in [-0.4, -0.2) is 38.9 Å². The third-order valence-electron chi connectivity index (χ3n) is 6.23. The lowest BCUT2D eigenvalue weighted by Crippen LogP contribution is -2.26. The highest BCUT2D eigenvalue weighted by molar-refractivity contribution is 7.93. The molecule has 0 spiro atoms. The molecule has 0 atom stereocenters. The van der Waals surface area contributed by atoms with Gasteiger partial charge in [0.15, 0.2) is 5.13 Å². The lowest BCUT2D eigenvalue weighted by atomic mass is 9.90. The highest BCUT2D eigenvalue weighted by Crippen LogP contribution is 2.32. The summed E-state index contributed by atoms with van der Waals surface area (Å²) in [6.07, 6.45) is 0.699. The van der Waals surface area contributed by atoms with E-state index >= 15 is 0 Å². The van der Waals surface area contributed by atoms with E-state index < -0.39 is 21.8 Å². The lowest BCUT2D eigenvalue weighted by molar-refractivity contribution is -0.137. The van der Waals surface area contributed by atoms with Crippen LogP contribution in [0.25, 0.3) is 0 Å². The molecule has 3 heterocycles. The van der Waals surface area contributed by atoms with E-state index in [1.54, 1.807) is 34.5 Å². The second-order valence-corrected chi connectivity index (χ2v) is 11.3. The molecule has 3 aromatic rings. The number of halogens is 3. The number of hydrogen-bond donors (Lipinski definition) is 2. The van der Waals surface area contributed by atoms with E-state index in [1.807, 2.05) is 0 Å². The first-order valence-electron chi connectivity index (χ1n) is 11.8. The van der Waals surface area contributed by atoms with Crippen LogP contribution in [0.3, 0.4) is 0 Å². The van der Waals surface area contributed by atoms with Crippen LogP contribution in [0.15, 0.2) is 65.0 Å². The van der Waals surface area contributed by atoms with Crippen LogP contribution in [0, 0.1) is 0 Å². The van der Waals surface area contributed by atoms with Gasteiger partial charge in [-0.25, -0.2) is 13.4 Å². The van der Waals surface area contributed by atoms with E-state index in [2.05, 4.69) is 15.0 Å². The smallest absolute Gasteiger partial charge is 0.317 e. The normalized spacial score (nSPS) is 16.8. The zero-order valence-corrected chi connectivity index (χ0v) is 21.5. The Hall–Kier alpha value is -2.96. The number of hydrogen-bond acceptors (Lipinski definition) is 6. The second-order valence-electron chi connectivity index (χ2n) is 8.73. The summed E-state index contributed by atoms with van der Waals surface area (Å²) in [6.45, 7) is 2.58. The summed E-state index contributed by atoms with van der Waals surface area (Å²) in [5.41, 5.74) is 1.19. The van der Waals surface area contributed by atoms with Gasteiger partial charge in [-0.1, -0.05) is 12.1 Å². The van der Waals surface area contributed by atoms with Gasteiger partial charge in [0, 0.05) is 33.1 Å². The number of benzene rings is 2. The number of rotatable bonds is 5. The fourth-order valence-electron chi connectivity index (χ4n) is 4.27. The SMILES string of the molecule is FC(F)(F)c1ccc(C2CCNCC2)cc1.O=C1CCCN1c1ccc(S(=O)(=O)Nc2nccs2)cc1.[HH].[HH]. The predicted molar refractivity (Wildman–Crippen MR) is 141 cm³/mol. The van der Waals surface area contributed by atoms with Gasteiger partial charge in [0.1, 0.15) is 0 Å². The number of sulfonamides is 1. The number of amides is 1. The quantitative estimate of drug-likeness (QED) is 0.419. The minimum Gasteiger partial charge on any atom is -0.317 e. The minimum absolute atomic E-state index is 0. The molecule has 202 valence electrons. The number of nitrogens with one attached hydrogen (secondary N) is 2. The van der Waals surface area contributed by atoms with Crippen molar-refractivity contribution < 1.29 is 29.2 Å². The maximum Gasteiger partial charge on any atom is 0.416 e. The molecule has 2 fully saturated rings. The van der Waals surface area contributed by atoms with Gasteiger partial charge in [-0.3, -0.25) is 9.52 Å². The van der Waals surface area contributed by atoms with Crippen molar-refractivity contribution in [3.05, 3.63) is 71.2 Å². The van der Waals surface area contributed by atoms with Crippen molar-refractivity contribution in [2.75, 3.05) is 29.3 Å². The molecule has 1 aromatic heterocycles. The van der Waals surface area contributed by atoms with Gasteiger partial charge in [-0.05, 0) is 80.2 Å². The van der Waals surface area contributed by atoms with E-state index in [1.165, 1.54) is 41.8 Å². The van der Waals surface area contributed by atoms with Gasteiger partial charge in [-0.2, -0.15) is 13.2 Å². The third-order valence-corrected chi connectivity index (χ3v) is 8.41. The highest BCUT2D eigenvalue weighted by Gasteiger charge is 2.30. The number of carbonyl (C=O) groups excluding carboxylic acids is 1. The van der Waals surface area contributed by atoms with Gasteiger partial charge in [0.25, 0.3) is 10.0 Å². The average molecular weight is 557 g/mol. The second kappa shape index (κ2) is 11.6. The summed E-state index contributed by atoms with van der Waals surface area (Å²) in [4.78, 5) is 17.4. The number of alkyl halides is 3. The molecule has 5 rings (SSSR count). The van der Waals surface area contributed by atoms with Gasteiger partial charge < -0.3 is 10.2 Å². The zero-order chi connectivity index (χ0) is 26.5. The van der Waals surface area contributed by atoms with Gasteiger partial charge in [-0.15, -0.1) is 11.3 Å². The number of piperidine rings is 1. The maximum atomic E-state index is 12.4. The Kier molecular flexibility index (Phi) is 8.50. The van der Waals surface area contributed by atoms with Crippen molar-refractivity contribution in [2.45, 2.75) is 42.7 Å². The molecular formula is C25H31F3N4O3S2. The van der Waals surface area contributed by atoms with Crippen LogP contribution in [0.2, 0.25) is 0 Å². The first-order chi connectivity index (χ1) is 17.6. The minimum atomic E-state index is -4.23. The van der Waals surface area contributed by atoms with Crippen LogP contribution in [0.5, 0.6) is 0 Å². The van der Waals surface area contributed by atoms with E-state index in [-0.39, 0.29) is 13.7 Å². The van der Waals surface area contributed by atoms with Crippen LogP contribution < -0.4 is 14.9 Å². The average Bonchev–Trinajstić information content (AvgIpc) is 3.56. The molecule has 12 heteroatoms. The van der Waals surface area contributed by atoms with Crippen molar-refractivity contribution in [3.8, 4) is 0 Å². The summed E-state index contributed by atoms with van der Waals surface area (Å²) in [6, 6.07) is 11.9. The van der Waals surface area contributed by atoms with E-state index in [4.69, 9.17) is 0 Å². The first kappa shape index (κ1) is 27.1. The number of anilines is 2. The van der Waals surface area contributed by atoms with E-state index in [9.17, 15) is 26.4 Å². The summed E-state index contributed by atoms with van der Waals surface area (Å²) in [7, 11) is -3.64. The molecule has 2 saturated heterocycles. The largest absolute Gasteiger partial charge is 0.416 e. The summed E-state index contributed by atoms with van der Waals surface area (Å²) in [5, 5.41) is 5.26. The van der Waals surface area contributed by atoms with Crippen LogP contribution >= 0.6 is 11.3 Å². The highest BCUT2D eigenvalue weighted by atomic mass is 32.2. The van der Waals surface area contributed by atoms with Crippen LogP contribution in [-0.2, 0) is 21.0 Å². The fourth-order valence-corrected chi connectivity index (χ4v) is 6.06. The standard InChI is InChI=1S/C13H13N3O3S2.C12H14F3N.2H2/c17-12-2-1-8-16(12)10-3-5-11(6-4-10)21(18,19)15-13-14-7-9-20-13;13-12(14,15)11-3-1-9(2-4-11)10-5-7-16-8-6-10;;/h3-7,9H,1-2,8H2,(H,14,15);1-4,10,16H,5-8H2;2*1H. The molecule has 2 aliphatic rings. The number of thiazole rings is 1. The molecule has 0 aliphatic carbocycles.